The van der Waals surface area contributed by atoms with Gasteiger partial charge in [-0.15, -0.1) is 0 Å². The molecule has 5 rings (SSSR count). The van der Waals surface area contributed by atoms with E-state index in [2.05, 4.69) is 12.2 Å². The molecule has 4 heteroatoms. The fourth-order valence-electron chi connectivity index (χ4n) is 3.92. The number of carbonyl (C=O) groups is 2. The summed E-state index contributed by atoms with van der Waals surface area (Å²) < 4.78 is 0. The van der Waals surface area contributed by atoms with Gasteiger partial charge in [0.25, 0.3) is 0 Å². The second-order valence-electron chi connectivity index (χ2n) is 5.83. The molecule has 3 aliphatic carbocycles. The molecule has 1 aromatic rings. The highest BCUT2D eigenvalue weighted by atomic mass is 35.5. The molecule has 0 spiro atoms. The zero-order valence-corrected chi connectivity index (χ0v) is 11.6. The predicted molar refractivity (Wildman–Crippen MR) is 76.3 cm³/mol. The summed E-state index contributed by atoms with van der Waals surface area (Å²) >= 11 is 5.87. The van der Waals surface area contributed by atoms with E-state index in [9.17, 15) is 9.59 Å². The van der Waals surface area contributed by atoms with Gasteiger partial charge in [0, 0.05) is 5.02 Å². The maximum Gasteiger partial charge on any atom is 0.238 e. The molecule has 4 aliphatic rings. The smallest absolute Gasteiger partial charge is 0.238 e. The largest absolute Gasteiger partial charge is 0.274 e. The number of amides is 2. The molecule has 0 N–H and O–H groups in total. The summed E-state index contributed by atoms with van der Waals surface area (Å²) in [7, 11) is 0. The lowest BCUT2D eigenvalue weighted by Crippen LogP contribution is -2.38. The normalized spacial score (nSPS) is 34.8. The van der Waals surface area contributed by atoms with E-state index in [0.29, 0.717) is 10.7 Å². The first-order valence-corrected chi connectivity index (χ1v) is 7.36. The molecule has 1 aromatic carbocycles. The number of fused-ring (bicyclic) bond motifs is 1. The molecule has 20 heavy (non-hydrogen) atoms. The SMILES string of the molecule is O=C1[C@@H]2C3C=CC(CC3)[C@@H]2C(=O)N1c1ccc(Cl)cc1. The number of imide groups is 1. The number of rotatable bonds is 1. The molecule has 0 aromatic heterocycles. The van der Waals surface area contributed by atoms with Crippen LogP contribution in [0.15, 0.2) is 36.4 Å². The Hall–Kier alpha value is -1.61. The van der Waals surface area contributed by atoms with Crippen LogP contribution in [0.4, 0.5) is 5.69 Å². The van der Waals surface area contributed by atoms with Crippen LogP contribution >= 0.6 is 11.6 Å². The summed E-state index contributed by atoms with van der Waals surface area (Å²) in [6.07, 6.45) is 6.31. The van der Waals surface area contributed by atoms with E-state index in [0.717, 1.165) is 12.8 Å². The Balaban J connectivity index is 1.75. The first-order valence-electron chi connectivity index (χ1n) is 6.98. The molecule has 2 unspecified atom stereocenters. The third-order valence-corrected chi connectivity index (χ3v) is 5.10. The molecule has 1 saturated carbocycles. The molecule has 3 nitrogen and oxygen atoms in total. The van der Waals surface area contributed by atoms with Crippen molar-refractivity contribution >= 4 is 29.1 Å². The van der Waals surface area contributed by atoms with E-state index < -0.39 is 0 Å². The third kappa shape index (κ3) is 1.53. The first-order chi connectivity index (χ1) is 9.66. The van der Waals surface area contributed by atoms with Crippen LogP contribution in [-0.4, -0.2) is 11.8 Å². The van der Waals surface area contributed by atoms with Gasteiger partial charge in [0.1, 0.15) is 0 Å². The van der Waals surface area contributed by atoms with Gasteiger partial charge >= 0.3 is 0 Å². The molecule has 1 aliphatic heterocycles. The fourth-order valence-corrected chi connectivity index (χ4v) is 4.04. The summed E-state index contributed by atoms with van der Waals surface area (Å²) in [6.45, 7) is 0. The molecule has 2 amide bonds. The average molecular weight is 288 g/mol. The quantitative estimate of drug-likeness (QED) is 0.588. The van der Waals surface area contributed by atoms with Gasteiger partial charge in [-0.05, 0) is 48.9 Å². The highest BCUT2D eigenvalue weighted by Gasteiger charge is 2.56. The summed E-state index contributed by atoms with van der Waals surface area (Å²) in [5.41, 5.74) is 0.637. The van der Waals surface area contributed by atoms with Crippen molar-refractivity contribution in [1.82, 2.24) is 0 Å². The van der Waals surface area contributed by atoms with Crippen LogP contribution in [0.5, 0.6) is 0 Å². The molecule has 1 saturated heterocycles. The topological polar surface area (TPSA) is 37.4 Å². The standard InChI is InChI=1S/C16H14ClNO2/c17-11-5-7-12(8-6-11)18-15(19)13-9-1-2-10(4-3-9)14(13)16(18)20/h1-2,5-10,13-14H,3-4H2/t9?,10?,13-,14+. The second-order valence-corrected chi connectivity index (χ2v) is 6.27. The second kappa shape index (κ2) is 4.19. The van der Waals surface area contributed by atoms with Gasteiger partial charge < -0.3 is 0 Å². The van der Waals surface area contributed by atoms with Gasteiger partial charge in [-0.3, -0.25) is 14.5 Å². The average Bonchev–Trinajstić information content (AvgIpc) is 2.76. The zero-order chi connectivity index (χ0) is 13.9. The van der Waals surface area contributed by atoms with Crippen LogP contribution in [0.2, 0.25) is 5.02 Å². The van der Waals surface area contributed by atoms with Crippen molar-refractivity contribution in [1.29, 1.82) is 0 Å². The molecule has 2 bridgehead atoms. The molecule has 102 valence electrons. The van der Waals surface area contributed by atoms with Crippen LogP contribution in [0.3, 0.4) is 0 Å². The highest BCUT2D eigenvalue weighted by Crippen LogP contribution is 2.50. The first kappa shape index (κ1) is 12.2. The maximum absolute atomic E-state index is 12.7. The molecule has 0 radical (unpaired) electrons. The van der Waals surface area contributed by atoms with Gasteiger partial charge in [0.15, 0.2) is 0 Å². The van der Waals surface area contributed by atoms with E-state index in [-0.39, 0.29) is 35.5 Å². The number of allylic oxidation sites excluding steroid dienone is 2. The van der Waals surface area contributed by atoms with Crippen molar-refractivity contribution in [2.24, 2.45) is 23.7 Å². The Morgan fingerprint density at radius 1 is 0.900 bits per heavy atom. The number of nitrogens with zero attached hydrogens (tertiary/aromatic N) is 1. The molecular formula is C16H14ClNO2. The summed E-state index contributed by atoms with van der Waals surface area (Å²) in [6, 6.07) is 6.91. The van der Waals surface area contributed by atoms with E-state index in [1.807, 2.05) is 0 Å². The Labute approximate surface area is 122 Å². The summed E-state index contributed by atoms with van der Waals surface area (Å²) in [4.78, 5) is 26.7. The number of hydrogen-bond donors (Lipinski definition) is 0. The lowest BCUT2D eigenvalue weighted by atomic mass is 9.63. The van der Waals surface area contributed by atoms with Crippen molar-refractivity contribution < 1.29 is 9.59 Å². The number of hydrogen-bond acceptors (Lipinski definition) is 2. The molecule has 1 heterocycles. The number of carbonyl (C=O) groups excluding carboxylic acids is 2. The lowest BCUT2D eigenvalue weighted by Gasteiger charge is -2.38. The van der Waals surface area contributed by atoms with Crippen molar-refractivity contribution in [3.05, 3.63) is 41.4 Å². The Kier molecular flexibility index (Phi) is 2.55. The number of halogens is 1. The minimum Gasteiger partial charge on any atom is -0.274 e. The van der Waals surface area contributed by atoms with Crippen molar-refractivity contribution in [3.8, 4) is 0 Å². The molecule has 2 fully saturated rings. The minimum atomic E-state index is -0.151. The number of anilines is 1. The maximum atomic E-state index is 12.7. The van der Waals surface area contributed by atoms with E-state index in [1.165, 1.54) is 4.90 Å². The van der Waals surface area contributed by atoms with Gasteiger partial charge in [0.05, 0.1) is 17.5 Å². The van der Waals surface area contributed by atoms with Gasteiger partial charge in [-0.25, -0.2) is 0 Å². The molecule has 4 atom stereocenters. The molecular weight excluding hydrogens is 274 g/mol. The van der Waals surface area contributed by atoms with Crippen LogP contribution in [0.25, 0.3) is 0 Å². The van der Waals surface area contributed by atoms with Gasteiger partial charge in [-0.2, -0.15) is 0 Å². The van der Waals surface area contributed by atoms with Crippen LogP contribution in [0, 0.1) is 23.7 Å². The summed E-state index contributed by atoms with van der Waals surface area (Å²) in [5.74, 6) is 0.0871. The van der Waals surface area contributed by atoms with E-state index in [4.69, 9.17) is 11.6 Å². The Morgan fingerprint density at radius 2 is 1.40 bits per heavy atom. The van der Waals surface area contributed by atoms with E-state index in [1.54, 1.807) is 24.3 Å². The summed E-state index contributed by atoms with van der Waals surface area (Å²) in [5, 5.41) is 0.604. The van der Waals surface area contributed by atoms with Crippen LogP contribution < -0.4 is 4.90 Å². The predicted octanol–water partition coefficient (Wildman–Crippen LogP) is 3.04. The van der Waals surface area contributed by atoms with Gasteiger partial charge in [-0.1, -0.05) is 23.8 Å². The fraction of sp³-hybridized carbons (Fsp3) is 0.375. The van der Waals surface area contributed by atoms with Gasteiger partial charge in [0.2, 0.25) is 11.8 Å². The third-order valence-electron chi connectivity index (χ3n) is 4.84. The van der Waals surface area contributed by atoms with Crippen LogP contribution in [0.1, 0.15) is 12.8 Å². The van der Waals surface area contributed by atoms with Crippen LogP contribution in [-0.2, 0) is 9.59 Å². The lowest BCUT2D eigenvalue weighted by molar-refractivity contribution is -0.124. The van der Waals surface area contributed by atoms with E-state index >= 15 is 0 Å². The van der Waals surface area contributed by atoms with Crippen molar-refractivity contribution in [2.45, 2.75) is 12.8 Å². The highest BCUT2D eigenvalue weighted by molar-refractivity contribution is 6.30. The van der Waals surface area contributed by atoms with Crippen molar-refractivity contribution in [2.75, 3.05) is 4.90 Å². The zero-order valence-electron chi connectivity index (χ0n) is 10.8. The minimum absolute atomic E-state index is 0.0404. The Bertz CT molecular complexity index is 590. The Morgan fingerprint density at radius 3 is 1.85 bits per heavy atom. The van der Waals surface area contributed by atoms with Crippen molar-refractivity contribution in [3.63, 3.8) is 0 Å². The monoisotopic (exact) mass is 287 g/mol. The number of benzene rings is 1.